The summed E-state index contributed by atoms with van der Waals surface area (Å²) in [6, 6.07) is 7.73. The predicted octanol–water partition coefficient (Wildman–Crippen LogP) is 2.64. The fourth-order valence-electron chi connectivity index (χ4n) is 2.59. The van der Waals surface area contributed by atoms with Crippen molar-refractivity contribution in [2.75, 3.05) is 26.2 Å². The maximum Gasteiger partial charge on any atom is 0.227 e. The Morgan fingerprint density at radius 3 is 3.05 bits per heavy atom. The molecule has 0 N–H and O–H groups in total. The van der Waals surface area contributed by atoms with Crippen molar-refractivity contribution in [2.24, 2.45) is 0 Å². The zero-order chi connectivity index (χ0) is 14.1. The van der Waals surface area contributed by atoms with Gasteiger partial charge >= 0.3 is 0 Å². The van der Waals surface area contributed by atoms with Crippen LogP contribution in [-0.4, -0.2) is 43.0 Å². The first-order chi connectivity index (χ1) is 9.67. The summed E-state index contributed by atoms with van der Waals surface area (Å²) in [7, 11) is 0. The van der Waals surface area contributed by atoms with E-state index in [1.807, 2.05) is 31.2 Å². The summed E-state index contributed by atoms with van der Waals surface area (Å²) in [6.07, 6.45) is -0.412. The Hall–Kier alpha value is -1.65. The summed E-state index contributed by atoms with van der Waals surface area (Å²) in [5.74, 6) is 0.338. The third kappa shape index (κ3) is 2.49. The number of ketones is 1. The van der Waals surface area contributed by atoms with Gasteiger partial charge in [0, 0.05) is 18.5 Å². The molecular formula is C16H19NO3. The number of aryl methyl sites for hydroxylation is 1. The van der Waals surface area contributed by atoms with E-state index in [-0.39, 0.29) is 5.78 Å². The molecule has 1 saturated heterocycles. The second-order valence-corrected chi connectivity index (χ2v) is 5.27. The number of carbonyl (C=O) groups excluding carboxylic acids is 1. The molecule has 1 fully saturated rings. The van der Waals surface area contributed by atoms with E-state index < -0.39 is 6.10 Å². The average molecular weight is 273 g/mol. The zero-order valence-electron chi connectivity index (χ0n) is 11.9. The van der Waals surface area contributed by atoms with Crippen molar-refractivity contribution in [2.45, 2.75) is 20.0 Å². The standard InChI is InChI=1S/C16H19NO3/c1-3-17-6-7-19-15(10-17)16(18)14-9-12-8-11(2)4-5-13(12)20-14/h4-5,8-9,15H,3,6-7,10H2,1-2H3. The highest BCUT2D eigenvalue weighted by Crippen LogP contribution is 2.22. The molecule has 4 heteroatoms. The third-order valence-corrected chi connectivity index (χ3v) is 3.80. The van der Waals surface area contributed by atoms with E-state index in [0.717, 1.165) is 29.6 Å². The summed E-state index contributed by atoms with van der Waals surface area (Å²) in [5, 5.41) is 0.969. The molecule has 0 aliphatic carbocycles. The highest BCUT2D eigenvalue weighted by molar-refractivity contribution is 6.00. The Bertz CT molecular complexity index is 632. The summed E-state index contributed by atoms with van der Waals surface area (Å²) >= 11 is 0. The summed E-state index contributed by atoms with van der Waals surface area (Å²) in [6.45, 7) is 7.19. The maximum absolute atomic E-state index is 12.5. The Kier molecular flexibility index (Phi) is 3.59. The van der Waals surface area contributed by atoms with Crippen molar-refractivity contribution in [3.63, 3.8) is 0 Å². The van der Waals surface area contributed by atoms with Crippen LogP contribution >= 0.6 is 0 Å². The van der Waals surface area contributed by atoms with Gasteiger partial charge in [0.05, 0.1) is 6.61 Å². The van der Waals surface area contributed by atoms with Gasteiger partial charge in [-0.3, -0.25) is 9.69 Å². The van der Waals surface area contributed by atoms with Crippen molar-refractivity contribution in [1.29, 1.82) is 0 Å². The van der Waals surface area contributed by atoms with Gasteiger partial charge in [-0.05, 0) is 31.7 Å². The van der Waals surface area contributed by atoms with Crippen LogP contribution in [-0.2, 0) is 4.74 Å². The molecule has 1 atom stereocenters. The van der Waals surface area contributed by atoms with Gasteiger partial charge in [0.15, 0.2) is 5.76 Å². The molecule has 106 valence electrons. The van der Waals surface area contributed by atoms with Gasteiger partial charge in [0.2, 0.25) is 5.78 Å². The number of hydrogen-bond donors (Lipinski definition) is 0. The highest BCUT2D eigenvalue weighted by atomic mass is 16.5. The molecule has 0 amide bonds. The molecular weight excluding hydrogens is 254 g/mol. The number of ether oxygens (including phenoxy) is 1. The molecule has 1 aliphatic rings. The van der Waals surface area contributed by atoms with Crippen LogP contribution in [0.15, 0.2) is 28.7 Å². The first-order valence-electron chi connectivity index (χ1n) is 7.05. The lowest BCUT2D eigenvalue weighted by molar-refractivity contribution is -0.0160. The van der Waals surface area contributed by atoms with Gasteiger partial charge in [-0.15, -0.1) is 0 Å². The van der Waals surface area contributed by atoms with Crippen molar-refractivity contribution in [3.05, 3.63) is 35.6 Å². The molecule has 2 heterocycles. The van der Waals surface area contributed by atoms with Gasteiger partial charge in [-0.25, -0.2) is 0 Å². The first-order valence-corrected chi connectivity index (χ1v) is 7.05. The van der Waals surface area contributed by atoms with E-state index in [0.29, 0.717) is 18.9 Å². The van der Waals surface area contributed by atoms with Crippen LogP contribution in [0.25, 0.3) is 11.0 Å². The van der Waals surface area contributed by atoms with Crippen molar-refractivity contribution in [1.82, 2.24) is 4.90 Å². The molecule has 4 nitrogen and oxygen atoms in total. The van der Waals surface area contributed by atoms with E-state index in [4.69, 9.17) is 9.15 Å². The van der Waals surface area contributed by atoms with Crippen molar-refractivity contribution >= 4 is 16.8 Å². The number of nitrogens with zero attached hydrogens (tertiary/aromatic N) is 1. The second kappa shape index (κ2) is 5.38. The minimum Gasteiger partial charge on any atom is -0.453 e. The first kappa shape index (κ1) is 13.3. The molecule has 0 bridgehead atoms. The molecule has 20 heavy (non-hydrogen) atoms. The Morgan fingerprint density at radius 1 is 1.40 bits per heavy atom. The van der Waals surface area contributed by atoms with Crippen LogP contribution in [0, 0.1) is 6.92 Å². The number of furan rings is 1. The molecule has 0 spiro atoms. The van der Waals surface area contributed by atoms with Gasteiger partial charge in [-0.1, -0.05) is 18.6 Å². The number of fused-ring (bicyclic) bond motifs is 1. The van der Waals surface area contributed by atoms with Gasteiger partial charge in [0.25, 0.3) is 0 Å². The lowest BCUT2D eigenvalue weighted by Gasteiger charge is -2.30. The predicted molar refractivity (Wildman–Crippen MR) is 77.1 cm³/mol. The molecule has 3 rings (SSSR count). The van der Waals surface area contributed by atoms with E-state index >= 15 is 0 Å². The van der Waals surface area contributed by atoms with Crippen LogP contribution in [0.5, 0.6) is 0 Å². The minimum atomic E-state index is -0.412. The molecule has 1 aromatic heterocycles. The van der Waals surface area contributed by atoms with Crippen molar-refractivity contribution < 1.29 is 13.9 Å². The number of likely N-dealkylation sites (N-methyl/N-ethyl adjacent to an activating group) is 1. The van der Waals surface area contributed by atoms with E-state index in [9.17, 15) is 4.79 Å². The fraction of sp³-hybridized carbons (Fsp3) is 0.438. The topological polar surface area (TPSA) is 42.7 Å². The minimum absolute atomic E-state index is 0.0583. The van der Waals surface area contributed by atoms with Crippen LogP contribution < -0.4 is 0 Å². The zero-order valence-corrected chi connectivity index (χ0v) is 11.9. The van der Waals surface area contributed by atoms with Crippen LogP contribution in [0.2, 0.25) is 0 Å². The average Bonchev–Trinajstić information content (AvgIpc) is 2.89. The maximum atomic E-state index is 12.5. The fourth-order valence-corrected chi connectivity index (χ4v) is 2.59. The molecule has 1 unspecified atom stereocenters. The summed E-state index contributed by atoms with van der Waals surface area (Å²) in [5.41, 5.74) is 1.91. The second-order valence-electron chi connectivity index (χ2n) is 5.27. The van der Waals surface area contributed by atoms with Gasteiger partial charge < -0.3 is 9.15 Å². The number of hydrogen-bond acceptors (Lipinski definition) is 4. The lowest BCUT2D eigenvalue weighted by atomic mass is 10.1. The molecule has 0 radical (unpaired) electrons. The number of Topliss-reactive ketones (excluding diaryl/α,β-unsaturated/α-hetero) is 1. The Balaban J connectivity index is 1.84. The summed E-state index contributed by atoms with van der Waals surface area (Å²) < 4.78 is 11.3. The Morgan fingerprint density at radius 2 is 2.25 bits per heavy atom. The largest absolute Gasteiger partial charge is 0.453 e. The molecule has 0 saturated carbocycles. The number of carbonyl (C=O) groups is 1. The number of rotatable bonds is 3. The molecule has 1 aliphatic heterocycles. The molecule has 1 aromatic carbocycles. The van der Waals surface area contributed by atoms with E-state index in [2.05, 4.69) is 11.8 Å². The monoisotopic (exact) mass is 273 g/mol. The number of benzene rings is 1. The van der Waals surface area contributed by atoms with Crippen LogP contribution in [0.4, 0.5) is 0 Å². The molecule has 2 aromatic rings. The normalized spacial score (nSPS) is 20.4. The quantitative estimate of drug-likeness (QED) is 0.806. The Labute approximate surface area is 118 Å². The highest BCUT2D eigenvalue weighted by Gasteiger charge is 2.28. The smallest absolute Gasteiger partial charge is 0.227 e. The van der Waals surface area contributed by atoms with Crippen LogP contribution in [0.3, 0.4) is 0 Å². The van der Waals surface area contributed by atoms with Crippen LogP contribution in [0.1, 0.15) is 23.0 Å². The van der Waals surface area contributed by atoms with Gasteiger partial charge in [-0.2, -0.15) is 0 Å². The van der Waals surface area contributed by atoms with Crippen molar-refractivity contribution in [3.8, 4) is 0 Å². The van der Waals surface area contributed by atoms with Gasteiger partial charge in [0.1, 0.15) is 11.7 Å². The third-order valence-electron chi connectivity index (χ3n) is 3.80. The summed E-state index contributed by atoms with van der Waals surface area (Å²) in [4.78, 5) is 14.7. The number of morpholine rings is 1. The SMILES string of the molecule is CCN1CCOC(C(=O)c2cc3cc(C)ccc3o2)C1. The van der Waals surface area contributed by atoms with E-state index in [1.165, 1.54) is 0 Å². The van der Waals surface area contributed by atoms with E-state index in [1.54, 1.807) is 0 Å². The lowest BCUT2D eigenvalue weighted by Crippen LogP contribution is -2.45.